The Morgan fingerprint density at radius 3 is 2.62 bits per heavy atom. The molecule has 2 heterocycles. The summed E-state index contributed by atoms with van der Waals surface area (Å²) in [5.74, 6) is 1.94. The van der Waals surface area contributed by atoms with Crippen molar-refractivity contribution in [2.75, 3.05) is 13.2 Å². The average molecular weight is 223 g/mol. The molecule has 5 nitrogen and oxygen atoms in total. The van der Waals surface area contributed by atoms with Crippen molar-refractivity contribution in [2.24, 2.45) is 5.73 Å². The Hall–Kier alpha value is -0.940. The number of nitrogens with two attached hydrogens (primary N) is 1. The topological polar surface area (TPSA) is 74.2 Å². The van der Waals surface area contributed by atoms with E-state index in [9.17, 15) is 0 Å². The van der Waals surface area contributed by atoms with Crippen LogP contribution in [0.25, 0.3) is 0 Å². The number of aromatic nitrogens is 2. The molecule has 1 saturated heterocycles. The summed E-state index contributed by atoms with van der Waals surface area (Å²) in [6, 6.07) is 0. The summed E-state index contributed by atoms with van der Waals surface area (Å²) in [6.45, 7) is 1.36. The van der Waals surface area contributed by atoms with Gasteiger partial charge in [0.15, 0.2) is 5.82 Å². The smallest absolute Gasteiger partial charge is 0.246 e. The quantitative estimate of drug-likeness (QED) is 0.818. The molecular weight excluding hydrogens is 206 g/mol. The van der Waals surface area contributed by atoms with Crippen molar-refractivity contribution >= 4 is 0 Å². The van der Waals surface area contributed by atoms with E-state index in [-0.39, 0.29) is 0 Å². The van der Waals surface area contributed by atoms with Gasteiger partial charge in [-0.25, -0.2) is 0 Å². The van der Waals surface area contributed by atoms with Gasteiger partial charge in [0.1, 0.15) is 5.54 Å². The van der Waals surface area contributed by atoms with Crippen LogP contribution < -0.4 is 5.73 Å². The number of rotatable bonds is 2. The molecule has 0 amide bonds. The van der Waals surface area contributed by atoms with E-state index < -0.39 is 5.54 Å². The Balaban J connectivity index is 1.79. The first-order valence-corrected chi connectivity index (χ1v) is 5.99. The monoisotopic (exact) mass is 223 g/mol. The van der Waals surface area contributed by atoms with Crippen molar-refractivity contribution in [1.29, 1.82) is 0 Å². The molecule has 0 bridgehead atoms. The number of hydrogen-bond acceptors (Lipinski definition) is 5. The maximum absolute atomic E-state index is 6.28. The van der Waals surface area contributed by atoms with Gasteiger partial charge in [-0.2, -0.15) is 4.98 Å². The van der Waals surface area contributed by atoms with Crippen molar-refractivity contribution < 1.29 is 9.26 Å². The fourth-order valence-corrected chi connectivity index (χ4v) is 2.22. The zero-order chi connectivity index (χ0) is 11.0. The van der Waals surface area contributed by atoms with Gasteiger partial charge in [-0.3, -0.25) is 0 Å². The molecule has 1 aliphatic carbocycles. The lowest BCUT2D eigenvalue weighted by Gasteiger charge is -2.29. The molecule has 1 aromatic heterocycles. The van der Waals surface area contributed by atoms with Crippen molar-refractivity contribution in [3.63, 3.8) is 0 Å². The molecule has 1 aliphatic heterocycles. The van der Waals surface area contributed by atoms with Crippen LogP contribution in [0.1, 0.15) is 49.7 Å². The predicted molar refractivity (Wildman–Crippen MR) is 56.8 cm³/mol. The maximum atomic E-state index is 6.28. The van der Waals surface area contributed by atoms with Gasteiger partial charge < -0.3 is 15.0 Å². The van der Waals surface area contributed by atoms with Crippen LogP contribution >= 0.6 is 0 Å². The second-order valence-electron chi connectivity index (χ2n) is 4.85. The summed E-state index contributed by atoms with van der Waals surface area (Å²) in [6.07, 6.45) is 5.16. The van der Waals surface area contributed by atoms with Crippen LogP contribution in [0.5, 0.6) is 0 Å². The number of hydrogen-bond donors (Lipinski definition) is 1. The lowest BCUT2D eigenvalue weighted by molar-refractivity contribution is 0.0400. The molecule has 16 heavy (non-hydrogen) atoms. The van der Waals surface area contributed by atoms with E-state index in [2.05, 4.69) is 10.1 Å². The van der Waals surface area contributed by atoms with Gasteiger partial charge in [-0.15, -0.1) is 0 Å². The molecule has 2 fully saturated rings. The number of nitrogens with zero attached hydrogens (tertiary/aromatic N) is 2. The van der Waals surface area contributed by atoms with E-state index in [1.54, 1.807) is 0 Å². The van der Waals surface area contributed by atoms with Crippen LogP contribution in [-0.4, -0.2) is 23.4 Å². The molecule has 0 aromatic carbocycles. The van der Waals surface area contributed by atoms with Crippen molar-refractivity contribution in [1.82, 2.24) is 10.1 Å². The summed E-state index contributed by atoms with van der Waals surface area (Å²) < 4.78 is 10.6. The summed E-state index contributed by atoms with van der Waals surface area (Å²) >= 11 is 0. The summed E-state index contributed by atoms with van der Waals surface area (Å²) in [7, 11) is 0. The van der Waals surface area contributed by atoms with Crippen LogP contribution in [-0.2, 0) is 10.3 Å². The molecule has 0 unspecified atom stereocenters. The van der Waals surface area contributed by atoms with Crippen LogP contribution in [0.15, 0.2) is 4.52 Å². The standard InChI is InChI=1S/C11H17N3O2/c12-11(4-6-15-7-5-11)10-13-9(14-16-10)8-2-1-3-8/h8H,1-7,12H2. The summed E-state index contributed by atoms with van der Waals surface area (Å²) in [5.41, 5.74) is 5.81. The highest BCUT2D eigenvalue weighted by Gasteiger charge is 2.37. The molecule has 1 aromatic rings. The third-order valence-corrected chi connectivity index (χ3v) is 3.72. The van der Waals surface area contributed by atoms with Gasteiger partial charge in [0, 0.05) is 19.1 Å². The van der Waals surface area contributed by atoms with E-state index in [0.717, 1.165) is 18.7 Å². The minimum absolute atomic E-state index is 0.465. The van der Waals surface area contributed by atoms with E-state index in [4.69, 9.17) is 15.0 Å². The second kappa shape index (κ2) is 3.82. The van der Waals surface area contributed by atoms with Crippen LogP contribution in [0, 0.1) is 0 Å². The third-order valence-electron chi connectivity index (χ3n) is 3.72. The zero-order valence-corrected chi connectivity index (χ0v) is 9.32. The van der Waals surface area contributed by atoms with Gasteiger partial charge in [-0.1, -0.05) is 11.6 Å². The highest BCUT2D eigenvalue weighted by molar-refractivity contribution is 5.07. The van der Waals surface area contributed by atoms with Crippen LogP contribution in [0.3, 0.4) is 0 Å². The van der Waals surface area contributed by atoms with E-state index >= 15 is 0 Å². The minimum Gasteiger partial charge on any atom is -0.381 e. The maximum Gasteiger partial charge on any atom is 0.246 e. The molecule has 5 heteroatoms. The minimum atomic E-state index is -0.465. The first-order chi connectivity index (χ1) is 7.78. The fraction of sp³-hybridized carbons (Fsp3) is 0.818. The normalized spacial score (nSPS) is 25.3. The molecular formula is C11H17N3O2. The molecule has 2 aliphatic rings. The van der Waals surface area contributed by atoms with Crippen molar-refractivity contribution in [3.8, 4) is 0 Å². The van der Waals surface area contributed by atoms with Gasteiger partial charge in [0.2, 0.25) is 5.89 Å². The van der Waals surface area contributed by atoms with E-state index in [0.29, 0.717) is 25.0 Å². The van der Waals surface area contributed by atoms with Crippen LogP contribution in [0.2, 0.25) is 0 Å². The summed E-state index contributed by atoms with van der Waals surface area (Å²) in [5, 5.41) is 4.05. The largest absolute Gasteiger partial charge is 0.381 e. The SMILES string of the molecule is NC1(c2nc(C3CCC3)no2)CCOCC1. The Labute approximate surface area is 94.3 Å². The molecule has 88 valence electrons. The highest BCUT2D eigenvalue weighted by Crippen LogP contribution is 2.36. The first kappa shape index (κ1) is 10.2. The fourth-order valence-electron chi connectivity index (χ4n) is 2.22. The lowest BCUT2D eigenvalue weighted by Crippen LogP contribution is -2.42. The Morgan fingerprint density at radius 1 is 1.25 bits per heavy atom. The molecule has 0 spiro atoms. The molecule has 0 radical (unpaired) electrons. The van der Waals surface area contributed by atoms with Crippen molar-refractivity contribution in [2.45, 2.75) is 43.6 Å². The van der Waals surface area contributed by atoms with Gasteiger partial charge in [0.25, 0.3) is 0 Å². The Morgan fingerprint density at radius 2 is 2.00 bits per heavy atom. The molecule has 0 atom stereocenters. The zero-order valence-electron chi connectivity index (χ0n) is 9.32. The molecule has 3 rings (SSSR count). The third kappa shape index (κ3) is 1.64. The lowest BCUT2D eigenvalue weighted by atomic mass is 9.85. The van der Waals surface area contributed by atoms with Gasteiger partial charge >= 0.3 is 0 Å². The molecule has 1 saturated carbocycles. The van der Waals surface area contributed by atoms with Crippen molar-refractivity contribution in [3.05, 3.63) is 11.7 Å². The second-order valence-corrected chi connectivity index (χ2v) is 4.85. The molecule has 2 N–H and O–H groups in total. The first-order valence-electron chi connectivity index (χ1n) is 5.99. The average Bonchev–Trinajstić information content (AvgIpc) is 2.66. The Bertz CT molecular complexity index is 367. The van der Waals surface area contributed by atoms with E-state index in [1.807, 2.05) is 0 Å². The highest BCUT2D eigenvalue weighted by atomic mass is 16.5. The number of ether oxygens (including phenoxy) is 1. The van der Waals surface area contributed by atoms with E-state index in [1.165, 1.54) is 19.3 Å². The Kier molecular flexibility index (Phi) is 2.44. The van der Waals surface area contributed by atoms with Crippen LogP contribution in [0.4, 0.5) is 0 Å². The van der Waals surface area contributed by atoms with Gasteiger partial charge in [0.05, 0.1) is 0 Å². The van der Waals surface area contributed by atoms with Gasteiger partial charge in [-0.05, 0) is 25.7 Å². The predicted octanol–water partition coefficient (Wildman–Crippen LogP) is 1.30. The summed E-state index contributed by atoms with van der Waals surface area (Å²) in [4.78, 5) is 4.47.